The molecule has 2 heterocycles. The predicted molar refractivity (Wildman–Crippen MR) is 56.7 cm³/mol. The summed E-state index contributed by atoms with van der Waals surface area (Å²) in [5.74, 6) is 0.367. The maximum atomic E-state index is 8.97. The topological polar surface area (TPSA) is 48.7 Å². The molecule has 0 aliphatic carbocycles. The van der Waals surface area contributed by atoms with Crippen LogP contribution < -0.4 is 5.32 Å². The molecule has 1 saturated heterocycles. The normalized spacial score (nSPS) is 26.0. The summed E-state index contributed by atoms with van der Waals surface area (Å²) >= 11 is 3.46. The molecule has 3 nitrogen and oxygen atoms in total. The highest BCUT2D eigenvalue weighted by atomic mass is 79.9. The second-order valence-corrected chi connectivity index (χ2v) is 4.25. The largest absolute Gasteiger partial charge is 0.315 e. The Bertz CT molecular complexity index is 372. The number of halogens is 1. The lowest BCUT2D eigenvalue weighted by Crippen LogP contribution is -2.09. The standard InChI is InChI=1S/C10H10BrN3/c11-10-6-13-2-1-8(10)9-5-14-4-7(9)3-12/h1-2,6-7,9,14H,4-5H2. The van der Waals surface area contributed by atoms with Gasteiger partial charge in [-0.1, -0.05) is 0 Å². The van der Waals surface area contributed by atoms with Crippen LogP contribution in [0.25, 0.3) is 0 Å². The summed E-state index contributed by atoms with van der Waals surface area (Å²) in [6.07, 6.45) is 3.55. The van der Waals surface area contributed by atoms with Crippen LogP contribution in [-0.4, -0.2) is 18.1 Å². The zero-order valence-electron chi connectivity index (χ0n) is 7.57. The summed E-state index contributed by atoms with van der Waals surface area (Å²) in [6, 6.07) is 4.31. The van der Waals surface area contributed by atoms with Gasteiger partial charge in [-0.3, -0.25) is 4.98 Å². The quantitative estimate of drug-likeness (QED) is 0.827. The zero-order valence-corrected chi connectivity index (χ0v) is 9.16. The Kier molecular flexibility index (Phi) is 2.80. The van der Waals surface area contributed by atoms with Gasteiger partial charge in [0.25, 0.3) is 0 Å². The zero-order chi connectivity index (χ0) is 9.97. The lowest BCUT2D eigenvalue weighted by atomic mass is 9.91. The van der Waals surface area contributed by atoms with E-state index in [2.05, 4.69) is 32.3 Å². The molecule has 1 N–H and O–H groups in total. The van der Waals surface area contributed by atoms with Gasteiger partial charge in [0.15, 0.2) is 0 Å². The molecule has 1 fully saturated rings. The van der Waals surface area contributed by atoms with Gasteiger partial charge in [0.1, 0.15) is 0 Å². The summed E-state index contributed by atoms with van der Waals surface area (Å²) in [4.78, 5) is 4.02. The maximum Gasteiger partial charge on any atom is 0.0676 e. The van der Waals surface area contributed by atoms with Crippen molar-refractivity contribution in [3.05, 3.63) is 28.5 Å². The van der Waals surface area contributed by atoms with Gasteiger partial charge in [0, 0.05) is 35.9 Å². The Morgan fingerprint density at radius 3 is 3.14 bits per heavy atom. The van der Waals surface area contributed by atoms with E-state index in [-0.39, 0.29) is 11.8 Å². The Morgan fingerprint density at radius 1 is 1.57 bits per heavy atom. The van der Waals surface area contributed by atoms with E-state index in [9.17, 15) is 0 Å². The van der Waals surface area contributed by atoms with Gasteiger partial charge >= 0.3 is 0 Å². The van der Waals surface area contributed by atoms with Crippen molar-refractivity contribution >= 4 is 15.9 Å². The average Bonchev–Trinajstić information content (AvgIpc) is 2.66. The van der Waals surface area contributed by atoms with E-state index >= 15 is 0 Å². The first kappa shape index (κ1) is 9.63. The van der Waals surface area contributed by atoms with Gasteiger partial charge in [-0.2, -0.15) is 5.26 Å². The Labute approximate surface area is 91.3 Å². The molecule has 0 aromatic carbocycles. The van der Waals surface area contributed by atoms with Crippen molar-refractivity contribution in [1.29, 1.82) is 5.26 Å². The van der Waals surface area contributed by atoms with E-state index < -0.39 is 0 Å². The molecule has 4 heteroatoms. The maximum absolute atomic E-state index is 8.97. The summed E-state index contributed by atoms with van der Waals surface area (Å²) < 4.78 is 0.994. The van der Waals surface area contributed by atoms with Gasteiger partial charge in [0.2, 0.25) is 0 Å². The predicted octanol–water partition coefficient (Wildman–Crippen LogP) is 1.67. The van der Waals surface area contributed by atoms with Crippen molar-refractivity contribution in [2.45, 2.75) is 5.92 Å². The molecule has 0 radical (unpaired) electrons. The van der Waals surface area contributed by atoms with Crippen molar-refractivity contribution in [1.82, 2.24) is 10.3 Å². The van der Waals surface area contributed by atoms with Gasteiger partial charge in [-0.25, -0.2) is 0 Å². The molecule has 1 aromatic rings. The minimum atomic E-state index is 0.0775. The number of rotatable bonds is 1. The molecule has 72 valence electrons. The first-order chi connectivity index (χ1) is 6.83. The van der Waals surface area contributed by atoms with E-state index in [1.54, 1.807) is 12.4 Å². The molecular formula is C10H10BrN3. The lowest BCUT2D eigenvalue weighted by molar-refractivity contribution is 0.643. The minimum Gasteiger partial charge on any atom is -0.315 e. The first-order valence-electron chi connectivity index (χ1n) is 4.52. The highest BCUT2D eigenvalue weighted by molar-refractivity contribution is 9.10. The number of hydrogen-bond donors (Lipinski definition) is 1. The number of hydrogen-bond acceptors (Lipinski definition) is 3. The van der Waals surface area contributed by atoms with Crippen LogP contribution >= 0.6 is 15.9 Å². The van der Waals surface area contributed by atoms with Gasteiger partial charge < -0.3 is 5.32 Å². The molecule has 1 aliphatic rings. The van der Waals surface area contributed by atoms with Crippen molar-refractivity contribution in [2.75, 3.05) is 13.1 Å². The van der Waals surface area contributed by atoms with Crippen molar-refractivity contribution in [2.24, 2.45) is 5.92 Å². The fourth-order valence-corrected chi connectivity index (χ4v) is 2.37. The molecule has 1 aromatic heterocycles. The molecule has 14 heavy (non-hydrogen) atoms. The van der Waals surface area contributed by atoms with Crippen LogP contribution in [0.1, 0.15) is 11.5 Å². The van der Waals surface area contributed by atoms with Gasteiger partial charge in [-0.05, 0) is 27.6 Å². The minimum absolute atomic E-state index is 0.0775. The molecule has 1 aliphatic heterocycles. The number of nitrogens with one attached hydrogen (secondary N) is 1. The van der Waals surface area contributed by atoms with E-state index in [1.165, 1.54) is 5.56 Å². The fourth-order valence-electron chi connectivity index (χ4n) is 1.83. The fraction of sp³-hybridized carbons (Fsp3) is 0.400. The molecule has 0 bridgehead atoms. The van der Waals surface area contributed by atoms with Crippen molar-refractivity contribution in [3.8, 4) is 6.07 Å². The molecule has 0 spiro atoms. The number of aromatic nitrogens is 1. The first-order valence-corrected chi connectivity index (χ1v) is 5.32. The monoisotopic (exact) mass is 251 g/mol. The van der Waals surface area contributed by atoms with Gasteiger partial charge in [-0.15, -0.1) is 0 Å². The Hall–Kier alpha value is -0.920. The summed E-state index contributed by atoms with van der Waals surface area (Å²) in [7, 11) is 0. The van der Waals surface area contributed by atoms with Crippen LogP contribution in [0.5, 0.6) is 0 Å². The molecular weight excluding hydrogens is 242 g/mol. The highest BCUT2D eigenvalue weighted by Crippen LogP contribution is 2.31. The SMILES string of the molecule is N#CC1CNCC1c1ccncc1Br. The number of pyridine rings is 1. The Morgan fingerprint density at radius 2 is 2.43 bits per heavy atom. The van der Waals surface area contributed by atoms with E-state index in [0.29, 0.717) is 0 Å². The number of nitriles is 1. The smallest absolute Gasteiger partial charge is 0.0676 e. The number of nitrogens with zero attached hydrogens (tertiary/aromatic N) is 2. The van der Waals surface area contributed by atoms with Crippen LogP contribution in [0.15, 0.2) is 22.9 Å². The average molecular weight is 252 g/mol. The Balaban J connectivity index is 2.31. The van der Waals surface area contributed by atoms with E-state index in [4.69, 9.17) is 5.26 Å². The van der Waals surface area contributed by atoms with Crippen LogP contribution in [0.3, 0.4) is 0 Å². The summed E-state index contributed by atoms with van der Waals surface area (Å²) in [5.41, 5.74) is 1.18. The van der Waals surface area contributed by atoms with E-state index in [1.807, 2.05) is 6.07 Å². The highest BCUT2D eigenvalue weighted by Gasteiger charge is 2.29. The molecule has 0 saturated carbocycles. The van der Waals surface area contributed by atoms with Crippen LogP contribution in [0, 0.1) is 17.2 Å². The lowest BCUT2D eigenvalue weighted by Gasteiger charge is -2.13. The van der Waals surface area contributed by atoms with Crippen molar-refractivity contribution < 1.29 is 0 Å². The second-order valence-electron chi connectivity index (χ2n) is 3.40. The third-order valence-electron chi connectivity index (χ3n) is 2.58. The molecule has 2 atom stereocenters. The molecule has 2 rings (SSSR count). The second kappa shape index (κ2) is 4.07. The van der Waals surface area contributed by atoms with Crippen LogP contribution in [0.2, 0.25) is 0 Å². The van der Waals surface area contributed by atoms with Crippen LogP contribution in [-0.2, 0) is 0 Å². The summed E-state index contributed by atoms with van der Waals surface area (Å²) in [6.45, 7) is 1.66. The van der Waals surface area contributed by atoms with Crippen LogP contribution in [0.4, 0.5) is 0 Å². The third-order valence-corrected chi connectivity index (χ3v) is 3.25. The van der Waals surface area contributed by atoms with E-state index in [0.717, 1.165) is 17.6 Å². The third kappa shape index (κ3) is 1.66. The molecule has 2 unspecified atom stereocenters. The van der Waals surface area contributed by atoms with Crippen molar-refractivity contribution in [3.63, 3.8) is 0 Å². The summed E-state index contributed by atoms with van der Waals surface area (Å²) in [5, 5.41) is 12.2. The molecule has 0 amide bonds. The van der Waals surface area contributed by atoms with Gasteiger partial charge in [0.05, 0.1) is 12.0 Å².